The Hall–Kier alpha value is -1.59. The van der Waals surface area contributed by atoms with Crippen molar-refractivity contribution in [2.75, 3.05) is 11.4 Å². The second-order valence-corrected chi connectivity index (χ2v) is 6.08. The van der Waals surface area contributed by atoms with Gasteiger partial charge in [-0.3, -0.25) is 4.99 Å². The summed E-state index contributed by atoms with van der Waals surface area (Å²) in [4.78, 5) is 6.08. The number of guanidine groups is 1. The number of hydrogen-bond acceptors (Lipinski definition) is 3. The van der Waals surface area contributed by atoms with E-state index in [1.54, 1.807) is 12.1 Å². The first kappa shape index (κ1) is 14.4. The molecule has 2 aromatic carbocycles. The van der Waals surface area contributed by atoms with Crippen LogP contribution in [0.4, 0.5) is 10.1 Å². The molecule has 3 nitrogen and oxygen atoms in total. The van der Waals surface area contributed by atoms with Crippen LogP contribution in [0.5, 0.6) is 0 Å². The van der Waals surface area contributed by atoms with Gasteiger partial charge in [-0.05, 0) is 30.3 Å². The van der Waals surface area contributed by atoms with Crippen molar-refractivity contribution in [2.24, 2.45) is 10.7 Å². The van der Waals surface area contributed by atoms with Gasteiger partial charge in [-0.2, -0.15) is 0 Å². The zero-order valence-corrected chi connectivity index (χ0v) is 13.3. The molecule has 0 saturated carbocycles. The van der Waals surface area contributed by atoms with Gasteiger partial charge >= 0.3 is 0 Å². The minimum atomic E-state index is -0.350. The molecule has 1 heterocycles. The summed E-state index contributed by atoms with van der Waals surface area (Å²) in [5, 5.41) is 0.372. The van der Waals surface area contributed by atoms with Crippen LogP contribution in [0.2, 0.25) is 5.02 Å². The molecule has 0 radical (unpaired) electrons. The molecule has 1 aliphatic rings. The first-order chi connectivity index (χ1) is 10.1. The molecule has 108 valence electrons. The highest BCUT2D eigenvalue weighted by Crippen LogP contribution is 2.34. The van der Waals surface area contributed by atoms with Crippen LogP contribution in [0.25, 0.3) is 0 Å². The quantitative estimate of drug-likeness (QED) is 0.866. The molecular formula is C15H12BrClFN3. The van der Waals surface area contributed by atoms with Crippen molar-refractivity contribution in [1.29, 1.82) is 0 Å². The molecule has 0 spiro atoms. The molecule has 0 aromatic heterocycles. The minimum absolute atomic E-state index is 0.267. The average molecular weight is 369 g/mol. The van der Waals surface area contributed by atoms with E-state index in [1.807, 2.05) is 29.2 Å². The summed E-state index contributed by atoms with van der Waals surface area (Å²) >= 11 is 9.24. The number of benzene rings is 2. The third-order valence-corrected chi connectivity index (χ3v) is 4.12. The number of aliphatic imine (C=N–C) groups is 1. The van der Waals surface area contributed by atoms with E-state index in [-0.39, 0.29) is 11.9 Å². The average Bonchev–Trinajstić information content (AvgIpc) is 2.80. The third kappa shape index (κ3) is 2.76. The highest BCUT2D eigenvalue weighted by atomic mass is 79.9. The smallest absolute Gasteiger partial charge is 0.196 e. The minimum Gasteiger partial charge on any atom is -0.369 e. The summed E-state index contributed by atoms with van der Waals surface area (Å²) < 4.78 is 15.1. The molecule has 6 heteroatoms. The van der Waals surface area contributed by atoms with Crippen molar-refractivity contribution in [3.8, 4) is 0 Å². The summed E-state index contributed by atoms with van der Waals surface area (Å²) in [6, 6.07) is 12.1. The number of nitrogens with two attached hydrogens (primary N) is 1. The molecule has 0 amide bonds. The predicted octanol–water partition coefficient (Wildman–Crippen LogP) is 4.12. The van der Waals surface area contributed by atoms with E-state index in [4.69, 9.17) is 17.3 Å². The van der Waals surface area contributed by atoms with Gasteiger partial charge in [0.1, 0.15) is 5.82 Å². The van der Waals surface area contributed by atoms with Gasteiger partial charge in [0.15, 0.2) is 5.96 Å². The van der Waals surface area contributed by atoms with Crippen LogP contribution >= 0.6 is 27.5 Å². The number of nitrogens with zero attached hydrogens (tertiary/aromatic N) is 2. The zero-order chi connectivity index (χ0) is 15.0. The lowest BCUT2D eigenvalue weighted by Gasteiger charge is -2.27. The largest absolute Gasteiger partial charge is 0.369 e. The van der Waals surface area contributed by atoms with Gasteiger partial charge in [0.25, 0.3) is 0 Å². The summed E-state index contributed by atoms with van der Waals surface area (Å²) in [5.74, 6) is 0.0323. The zero-order valence-electron chi connectivity index (χ0n) is 10.9. The van der Waals surface area contributed by atoms with Gasteiger partial charge in [0, 0.05) is 20.7 Å². The normalized spacial score (nSPS) is 18.0. The van der Waals surface area contributed by atoms with Crippen molar-refractivity contribution >= 4 is 39.2 Å². The van der Waals surface area contributed by atoms with E-state index < -0.39 is 0 Å². The fourth-order valence-corrected chi connectivity index (χ4v) is 2.99. The maximum absolute atomic E-state index is 14.2. The van der Waals surface area contributed by atoms with Crippen LogP contribution in [0, 0.1) is 5.82 Å². The Morgan fingerprint density at radius 1 is 1.29 bits per heavy atom. The van der Waals surface area contributed by atoms with Crippen molar-refractivity contribution in [3.63, 3.8) is 0 Å². The molecule has 1 aliphatic heterocycles. The lowest BCUT2D eigenvalue weighted by Crippen LogP contribution is -2.36. The Kier molecular flexibility index (Phi) is 3.87. The van der Waals surface area contributed by atoms with Crippen molar-refractivity contribution < 1.29 is 4.39 Å². The third-order valence-electron chi connectivity index (χ3n) is 3.39. The molecule has 1 atom stereocenters. The van der Waals surface area contributed by atoms with Crippen molar-refractivity contribution in [1.82, 2.24) is 0 Å². The molecule has 0 aliphatic carbocycles. The Morgan fingerprint density at radius 3 is 2.81 bits per heavy atom. The number of hydrogen-bond donors (Lipinski definition) is 1. The molecule has 0 saturated heterocycles. The van der Waals surface area contributed by atoms with Crippen LogP contribution in [0.1, 0.15) is 11.6 Å². The van der Waals surface area contributed by atoms with E-state index in [9.17, 15) is 4.39 Å². The maximum atomic E-state index is 14.2. The molecule has 21 heavy (non-hydrogen) atoms. The summed E-state index contributed by atoms with van der Waals surface area (Å²) in [7, 11) is 0. The number of rotatable bonds is 2. The van der Waals surface area contributed by atoms with Crippen molar-refractivity contribution in [2.45, 2.75) is 6.04 Å². The second-order valence-electron chi connectivity index (χ2n) is 4.73. The van der Waals surface area contributed by atoms with E-state index >= 15 is 0 Å². The lowest BCUT2D eigenvalue weighted by atomic mass is 10.0. The Bertz CT molecular complexity index is 720. The topological polar surface area (TPSA) is 41.6 Å². The standard InChI is InChI=1S/C15H12BrClFN3/c16-9-2-1-3-11(6-9)21-14(8-20-15(21)19)12-5-4-10(17)7-13(12)18/h1-7,14H,8H2,(H2,19,20). The van der Waals surface area contributed by atoms with Crippen LogP contribution in [0.15, 0.2) is 51.9 Å². The first-order valence-electron chi connectivity index (χ1n) is 6.36. The monoisotopic (exact) mass is 367 g/mol. The highest BCUT2D eigenvalue weighted by Gasteiger charge is 2.30. The SMILES string of the molecule is NC1=NCC(c2ccc(Cl)cc2F)N1c1cccc(Br)c1. The molecule has 0 fully saturated rings. The van der Waals surface area contributed by atoms with Gasteiger partial charge in [-0.15, -0.1) is 0 Å². The van der Waals surface area contributed by atoms with E-state index in [0.29, 0.717) is 23.1 Å². The Morgan fingerprint density at radius 2 is 2.10 bits per heavy atom. The summed E-state index contributed by atoms with van der Waals surface area (Å²) in [5.41, 5.74) is 7.38. The number of halogens is 3. The van der Waals surface area contributed by atoms with Gasteiger partial charge in [-0.1, -0.05) is 39.7 Å². The van der Waals surface area contributed by atoms with Crippen LogP contribution in [0.3, 0.4) is 0 Å². The Balaban J connectivity index is 2.03. The number of anilines is 1. The fourth-order valence-electron chi connectivity index (χ4n) is 2.44. The molecular weight excluding hydrogens is 357 g/mol. The molecule has 3 rings (SSSR count). The van der Waals surface area contributed by atoms with E-state index in [2.05, 4.69) is 20.9 Å². The Labute approximate surface area is 135 Å². The van der Waals surface area contributed by atoms with Crippen LogP contribution in [-0.4, -0.2) is 12.5 Å². The van der Waals surface area contributed by atoms with Crippen LogP contribution < -0.4 is 10.6 Å². The van der Waals surface area contributed by atoms with Crippen molar-refractivity contribution in [3.05, 3.63) is 63.3 Å². The predicted molar refractivity (Wildman–Crippen MR) is 87.3 cm³/mol. The van der Waals surface area contributed by atoms with E-state index in [1.165, 1.54) is 6.07 Å². The van der Waals surface area contributed by atoms with Gasteiger partial charge in [0.2, 0.25) is 0 Å². The maximum Gasteiger partial charge on any atom is 0.196 e. The lowest BCUT2D eigenvalue weighted by molar-refractivity contribution is 0.589. The molecule has 0 bridgehead atoms. The molecule has 1 unspecified atom stereocenters. The van der Waals surface area contributed by atoms with Gasteiger partial charge in [-0.25, -0.2) is 4.39 Å². The second kappa shape index (κ2) is 5.66. The van der Waals surface area contributed by atoms with Gasteiger partial charge in [0.05, 0.1) is 12.6 Å². The van der Waals surface area contributed by atoms with E-state index in [0.717, 1.165) is 10.2 Å². The summed E-state index contributed by atoms with van der Waals surface area (Å²) in [6.45, 7) is 0.414. The highest BCUT2D eigenvalue weighted by molar-refractivity contribution is 9.10. The first-order valence-corrected chi connectivity index (χ1v) is 7.53. The molecule has 2 aromatic rings. The fraction of sp³-hybridized carbons (Fsp3) is 0.133. The summed E-state index contributed by atoms with van der Waals surface area (Å²) in [6.07, 6.45) is 0. The van der Waals surface area contributed by atoms with Crippen LogP contribution in [-0.2, 0) is 0 Å². The van der Waals surface area contributed by atoms with Gasteiger partial charge < -0.3 is 10.6 Å². The molecule has 2 N–H and O–H groups in total.